The van der Waals surface area contributed by atoms with E-state index in [9.17, 15) is 4.79 Å². The number of thioether (sulfide) groups is 1. The first-order chi connectivity index (χ1) is 8.13. The summed E-state index contributed by atoms with van der Waals surface area (Å²) in [4.78, 5) is 19.5. The van der Waals surface area contributed by atoms with Crippen molar-refractivity contribution in [1.82, 2.24) is 4.98 Å². The molecule has 0 amide bonds. The summed E-state index contributed by atoms with van der Waals surface area (Å²) < 4.78 is 0. The van der Waals surface area contributed by atoms with Crippen molar-refractivity contribution in [3.05, 3.63) is 10.6 Å². The third kappa shape index (κ3) is 2.65. The van der Waals surface area contributed by atoms with E-state index < -0.39 is 0 Å². The molecule has 94 valence electrons. The van der Waals surface area contributed by atoms with E-state index in [0.29, 0.717) is 12.5 Å². The lowest BCUT2D eigenvalue weighted by Gasteiger charge is -2.23. The zero-order valence-electron chi connectivity index (χ0n) is 10.5. The number of hydrogen-bond acceptors (Lipinski definition) is 5. The number of ketones is 1. The van der Waals surface area contributed by atoms with Crippen molar-refractivity contribution in [3.63, 3.8) is 0 Å². The summed E-state index contributed by atoms with van der Waals surface area (Å²) in [7, 11) is 2.07. The maximum atomic E-state index is 11.8. The number of thiazole rings is 1. The number of Topliss-reactive ketones (excluding diaryl/α,β-unsaturated/α-hetero) is 1. The zero-order chi connectivity index (χ0) is 12.4. The van der Waals surface area contributed by atoms with Crippen LogP contribution >= 0.6 is 23.1 Å². The summed E-state index contributed by atoms with van der Waals surface area (Å²) in [6.07, 6.45) is 4.72. The highest BCUT2D eigenvalue weighted by Gasteiger charge is 2.24. The molecule has 0 saturated heterocycles. The summed E-state index contributed by atoms with van der Waals surface area (Å²) in [6, 6.07) is 0.452. The molecular formula is C12H18N2OS2. The molecule has 0 radical (unpaired) electrons. The molecule has 1 aromatic rings. The van der Waals surface area contributed by atoms with Gasteiger partial charge in [0.15, 0.2) is 10.9 Å². The minimum Gasteiger partial charge on any atom is -0.348 e. The van der Waals surface area contributed by atoms with Gasteiger partial charge in [0.05, 0.1) is 10.6 Å². The Balaban J connectivity index is 2.19. The fourth-order valence-electron chi connectivity index (χ4n) is 1.95. The highest BCUT2D eigenvalue weighted by Crippen LogP contribution is 2.32. The second-order valence-corrected chi connectivity index (χ2v) is 6.35. The third-order valence-corrected chi connectivity index (χ3v) is 5.17. The lowest BCUT2D eigenvalue weighted by Crippen LogP contribution is -2.30. The number of fused-ring (bicyclic) bond motifs is 1. The van der Waals surface area contributed by atoms with Crippen LogP contribution in [0, 0.1) is 0 Å². The summed E-state index contributed by atoms with van der Waals surface area (Å²) in [5.74, 6) is 1.36. The molecule has 0 aromatic carbocycles. The Labute approximate surface area is 111 Å². The Kier molecular flexibility index (Phi) is 4.09. The van der Waals surface area contributed by atoms with Crippen molar-refractivity contribution in [2.75, 3.05) is 24.0 Å². The zero-order valence-corrected chi connectivity index (χ0v) is 12.2. The Morgan fingerprint density at radius 2 is 2.29 bits per heavy atom. The average Bonchev–Trinajstić information content (AvgIpc) is 2.73. The van der Waals surface area contributed by atoms with Crippen LogP contribution in [0.25, 0.3) is 0 Å². The first-order valence-electron chi connectivity index (χ1n) is 5.88. The molecule has 0 fully saturated rings. The van der Waals surface area contributed by atoms with Gasteiger partial charge in [-0.15, -0.1) is 0 Å². The number of carbonyl (C=O) groups is 1. The van der Waals surface area contributed by atoms with E-state index in [1.54, 1.807) is 11.3 Å². The minimum atomic E-state index is 0.279. The van der Waals surface area contributed by atoms with Gasteiger partial charge in [0.2, 0.25) is 0 Å². The van der Waals surface area contributed by atoms with Gasteiger partial charge in [-0.3, -0.25) is 4.79 Å². The number of nitrogens with zero attached hydrogens (tertiary/aromatic N) is 2. The number of aryl methyl sites for hydroxylation is 1. The number of anilines is 1. The molecule has 2 rings (SSSR count). The van der Waals surface area contributed by atoms with Gasteiger partial charge < -0.3 is 4.90 Å². The Morgan fingerprint density at radius 3 is 2.94 bits per heavy atom. The summed E-state index contributed by atoms with van der Waals surface area (Å²) in [5, 5.41) is 0.992. The van der Waals surface area contributed by atoms with Crippen LogP contribution in [0.5, 0.6) is 0 Å². The van der Waals surface area contributed by atoms with Crippen molar-refractivity contribution in [3.8, 4) is 0 Å². The number of rotatable bonds is 4. The predicted molar refractivity (Wildman–Crippen MR) is 75.6 cm³/mol. The second-order valence-electron chi connectivity index (χ2n) is 4.46. The Hall–Kier alpha value is -0.550. The molecule has 1 atom stereocenters. The summed E-state index contributed by atoms with van der Waals surface area (Å²) in [6.45, 7) is 2.19. The van der Waals surface area contributed by atoms with E-state index in [0.717, 1.165) is 34.3 Å². The molecule has 1 aromatic heterocycles. The fraction of sp³-hybridized carbons (Fsp3) is 0.667. The van der Waals surface area contributed by atoms with Crippen molar-refractivity contribution < 1.29 is 4.79 Å². The largest absolute Gasteiger partial charge is 0.348 e. The Bertz CT molecular complexity index is 417. The second kappa shape index (κ2) is 5.40. The quantitative estimate of drug-likeness (QED) is 0.842. The summed E-state index contributed by atoms with van der Waals surface area (Å²) >= 11 is 3.40. The average molecular weight is 270 g/mol. The topological polar surface area (TPSA) is 33.2 Å². The molecule has 5 heteroatoms. The van der Waals surface area contributed by atoms with Crippen molar-refractivity contribution in [2.45, 2.75) is 32.2 Å². The number of carbonyl (C=O) groups excluding carboxylic acids is 1. The van der Waals surface area contributed by atoms with Gasteiger partial charge in [0, 0.05) is 25.3 Å². The van der Waals surface area contributed by atoms with Gasteiger partial charge in [-0.25, -0.2) is 4.98 Å². The van der Waals surface area contributed by atoms with Crippen LogP contribution in [-0.2, 0) is 6.42 Å². The van der Waals surface area contributed by atoms with E-state index in [2.05, 4.69) is 30.1 Å². The van der Waals surface area contributed by atoms with Crippen LogP contribution in [0.15, 0.2) is 0 Å². The molecular weight excluding hydrogens is 252 g/mol. The van der Waals surface area contributed by atoms with Gasteiger partial charge in [-0.05, 0) is 26.0 Å². The van der Waals surface area contributed by atoms with Crippen LogP contribution in [0.2, 0.25) is 0 Å². The van der Waals surface area contributed by atoms with E-state index in [-0.39, 0.29) is 5.78 Å². The molecule has 0 N–H and O–H groups in total. The minimum absolute atomic E-state index is 0.279. The standard InChI is InChI=1S/C12H18N2OS2/c1-8(7-16-3)14(2)12-13-9-5-4-6-10(15)11(9)17-12/h8H,4-7H2,1-3H3. The van der Waals surface area contributed by atoms with E-state index in [1.165, 1.54) is 0 Å². The van der Waals surface area contributed by atoms with Crippen LogP contribution in [0.1, 0.15) is 35.1 Å². The van der Waals surface area contributed by atoms with Gasteiger partial charge in [0.1, 0.15) is 0 Å². The molecule has 3 nitrogen and oxygen atoms in total. The lowest BCUT2D eigenvalue weighted by molar-refractivity contribution is 0.0976. The van der Waals surface area contributed by atoms with E-state index in [1.807, 2.05) is 11.8 Å². The van der Waals surface area contributed by atoms with Gasteiger partial charge in [-0.1, -0.05) is 11.3 Å². The Morgan fingerprint density at radius 1 is 1.53 bits per heavy atom. The number of aromatic nitrogens is 1. The first kappa shape index (κ1) is 12.9. The molecule has 17 heavy (non-hydrogen) atoms. The predicted octanol–water partition coefficient (Wildman–Crippen LogP) is 2.85. The van der Waals surface area contributed by atoms with Gasteiger partial charge >= 0.3 is 0 Å². The highest BCUT2D eigenvalue weighted by molar-refractivity contribution is 7.98. The smallest absolute Gasteiger partial charge is 0.186 e. The van der Waals surface area contributed by atoms with Crippen molar-refractivity contribution >= 4 is 34.0 Å². The van der Waals surface area contributed by atoms with Crippen LogP contribution in [0.3, 0.4) is 0 Å². The van der Waals surface area contributed by atoms with E-state index >= 15 is 0 Å². The molecule has 0 aliphatic heterocycles. The first-order valence-corrected chi connectivity index (χ1v) is 8.09. The lowest BCUT2D eigenvalue weighted by atomic mass is 10.0. The van der Waals surface area contributed by atoms with Crippen LogP contribution in [-0.4, -0.2) is 35.9 Å². The summed E-state index contributed by atoms with van der Waals surface area (Å²) in [5.41, 5.74) is 1.02. The molecule has 1 aliphatic carbocycles. The molecule has 0 spiro atoms. The SMILES string of the molecule is CSCC(C)N(C)c1nc2c(s1)C(=O)CCC2. The molecule has 1 heterocycles. The monoisotopic (exact) mass is 270 g/mol. The highest BCUT2D eigenvalue weighted by atomic mass is 32.2. The number of hydrogen-bond donors (Lipinski definition) is 0. The maximum absolute atomic E-state index is 11.8. The maximum Gasteiger partial charge on any atom is 0.186 e. The van der Waals surface area contributed by atoms with Crippen LogP contribution in [0.4, 0.5) is 5.13 Å². The van der Waals surface area contributed by atoms with Gasteiger partial charge in [0.25, 0.3) is 0 Å². The molecule has 0 saturated carbocycles. The van der Waals surface area contributed by atoms with E-state index in [4.69, 9.17) is 0 Å². The van der Waals surface area contributed by atoms with Crippen molar-refractivity contribution in [2.24, 2.45) is 0 Å². The normalized spacial score (nSPS) is 16.8. The van der Waals surface area contributed by atoms with Gasteiger partial charge in [-0.2, -0.15) is 11.8 Å². The molecule has 1 aliphatic rings. The molecule has 0 bridgehead atoms. The third-order valence-electron chi connectivity index (χ3n) is 3.13. The fourth-order valence-corrected chi connectivity index (χ4v) is 3.80. The van der Waals surface area contributed by atoms with Crippen molar-refractivity contribution in [1.29, 1.82) is 0 Å². The van der Waals surface area contributed by atoms with Crippen LogP contribution < -0.4 is 4.90 Å². The molecule has 1 unspecified atom stereocenters.